The standard InChI is InChI=1S/C21H19F3N4O3/c1-31-10-15(14-8-13(22)9-27-20(14)29)11-4-5-26-18(7-11)28-21(30)19(25)12-2-3-16(23)17(24)6-12/h2-9,15,19H,10,25H2,1H3,(H,27,29)(H,26,28,30)/t15-,19+/m1/s1. The van der Waals surface area contributed by atoms with Gasteiger partial charge in [-0.05, 0) is 41.5 Å². The van der Waals surface area contributed by atoms with E-state index in [1.54, 1.807) is 6.07 Å². The molecular formula is C21H19F3N4O3. The average Bonchev–Trinajstić information content (AvgIpc) is 2.75. The lowest BCUT2D eigenvalue weighted by atomic mass is 9.93. The van der Waals surface area contributed by atoms with Gasteiger partial charge in [0.25, 0.3) is 5.56 Å². The Morgan fingerprint density at radius 3 is 2.65 bits per heavy atom. The van der Waals surface area contributed by atoms with Gasteiger partial charge < -0.3 is 20.8 Å². The number of ether oxygens (including phenoxy) is 1. The molecule has 0 bridgehead atoms. The van der Waals surface area contributed by atoms with Gasteiger partial charge in [-0.3, -0.25) is 9.59 Å². The van der Waals surface area contributed by atoms with Gasteiger partial charge in [-0.2, -0.15) is 0 Å². The summed E-state index contributed by atoms with van der Waals surface area (Å²) in [5, 5.41) is 2.50. The van der Waals surface area contributed by atoms with Crippen molar-refractivity contribution in [1.29, 1.82) is 0 Å². The van der Waals surface area contributed by atoms with Gasteiger partial charge in [0, 0.05) is 31.0 Å². The zero-order valence-corrected chi connectivity index (χ0v) is 16.4. The quantitative estimate of drug-likeness (QED) is 0.532. The van der Waals surface area contributed by atoms with Crippen LogP contribution in [0.4, 0.5) is 19.0 Å². The molecule has 31 heavy (non-hydrogen) atoms. The van der Waals surface area contributed by atoms with Crippen molar-refractivity contribution in [3.05, 3.63) is 93.3 Å². The van der Waals surface area contributed by atoms with Gasteiger partial charge in [0.2, 0.25) is 5.91 Å². The van der Waals surface area contributed by atoms with Gasteiger partial charge in [0.1, 0.15) is 17.7 Å². The molecule has 10 heteroatoms. The number of nitrogens with zero attached hydrogens (tertiary/aromatic N) is 1. The van der Waals surface area contributed by atoms with Gasteiger partial charge in [-0.15, -0.1) is 0 Å². The van der Waals surface area contributed by atoms with Gasteiger partial charge in [0.15, 0.2) is 11.6 Å². The lowest BCUT2D eigenvalue weighted by molar-refractivity contribution is -0.117. The van der Waals surface area contributed by atoms with Gasteiger partial charge in [-0.25, -0.2) is 18.2 Å². The summed E-state index contributed by atoms with van der Waals surface area (Å²) in [4.78, 5) is 31.0. The molecule has 2 aromatic heterocycles. The highest BCUT2D eigenvalue weighted by atomic mass is 19.2. The number of nitrogens with two attached hydrogens (primary N) is 1. The van der Waals surface area contributed by atoms with Crippen LogP contribution < -0.4 is 16.6 Å². The molecule has 7 nitrogen and oxygen atoms in total. The van der Waals surface area contributed by atoms with E-state index in [2.05, 4.69) is 15.3 Å². The summed E-state index contributed by atoms with van der Waals surface area (Å²) in [5.74, 6) is -4.03. The minimum absolute atomic E-state index is 0.0678. The van der Waals surface area contributed by atoms with Gasteiger partial charge in [0.05, 0.1) is 6.61 Å². The van der Waals surface area contributed by atoms with Crippen molar-refractivity contribution < 1.29 is 22.7 Å². The van der Waals surface area contributed by atoms with Crippen LogP contribution in [0, 0.1) is 17.5 Å². The van der Waals surface area contributed by atoms with Crippen LogP contribution in [0.3, 0.4) is 0 Å². The van der Waals surface area contributed by atoms with E-state index in [0.717, 1.165) is 24.4 Å². The number of halogens is 3. The second kappa shape index (κ2) is 9.54. The average molecular weight is 432 g/mol. The first-order valence-corrected chi connectivity index (χ1v) is 9.14. The van der Waals surface area contributed by atoms with Crippen LogP contribution in [0.5, 0.6) is 0 Å². The highest BCUT2D eigenvalue weighted by Gasteiger charge is 2.21. The van der Waals surface area contributed by atoms with Gasteiger partial charge in [-0.1, -0.05) is 6.07 Å². The molecule has 162 valence electrons. The number of aromatic nitrogens is 2. The Morgan fingerprint density at radius 2 is 1.94 bits per heavy atom. The van der Waals surface area contributed by atoms with Crippen LogP contribution in [-0.4, -0.2) is 29.6 Å². The molecule has 1 amide bonds. The number of carbonyl (C=O) groups excluding carboxylic acids is 1. The van der Waals surface area contributed by atoms with Crippen molar-refractivity contribution in [3.8, 4) is 0 Å². The number of aromatic amines is 1. The Labute approximate surface area is 175 Å². The van der Waals surface area contributed by atoms with E-state index >= 15 is 0 Å². The van der Waals surface area contributed by atoms with Crippen molar-refractivity contribution in [2.24, 2.45) is 5.73 Å². The van der Waals surface area contributed by atoms with Crippen molar-refractivity contribution >= 4 is 11.7 Å². The minimum Gasteiger partial charge on any atom is -0.384 e. The SMILES string of the molecule is COC[C@H](c1ccnc(NC(=O)[C@@H](N)c2ccc(F)c(F)c2)c1)c1cc(F)c[nH]c1=O. The van der Waals surface area contributed by atoms with Gasteiger partial charge >= 0.3 is 0 Å². The van der Waals surface area contributed by atoms with E-state index in [0.29, 0.717) is 5.56 Å². The fourth-order valence-electron chi connectivity index (χ4n) is 3.06. The number of pyridine rings is 2. The fourth-order valence-corrected chi connectivity index (χ4v) is 3.06. The maximum atomic E-state index is 13.7. The summed E-state index contributed by atoms with van der Waals surface area (Å²) in [5.41, 5.74) is 6.12. The molecule has 4 N–H and O–H groups in total. The number of rotatable bonds is 7. The molecule has 2 heterocycles. The van der Waals surface area contributed by atoms with Crippen LogP contribution in [-0.2, 0) is 9.53 Å². The molecular weight excluding hydrogens is 413 g/mol. The van der Waals surface area contributed by atoms with Crippen molar-refractivity contribution in [2.45, 2.75) is 12.0 Å². The number of benzene rings is 1. The predicted molar refractivity (Wildman–Crippen MR) is 107 cm³/mol. The third-order valence-electron chi connectivity index (χ3n) is 4.63. The second-order valence-corrected chi connectivity index (χ2v) is 6.73. The molecule has 0 saturated carbocycles. The molecule has 3 rings (SSSR count). The maximum Gasteiger partial charge on any atom is 0.252 e. The summed E-state index contributed by atoms with van der Waals surface area (Å²) in [6.07, 6.45) is 2.34. The number of hydrogen-bond acceptors (Lipinski definition) is 5. The zero-order chi connectivity index (χ0) is 22.5. The van der Waals surface area contributed by atoms with Crippen LogP contribution in [0.1, 0.15) is 28.7 Å². The van der Waals surface area contributed by atoms with Crippen LogP contribution in [0.2, 0.25) is 0 Å². The molecule has 0 unspecified atom stereocenters. The molecule has 0 radical (unpaired) electrons. The van der Waals surface area contributed by atoms with E-state index < -0.39 is 40.9 Å². The second-order valence-electron chi connectivity index (χ2n) is 6.73. The molecule has 0 spiro atoms. The Bertz CT molecular complexity index is 1150. The predicted octanol–water partition coefficient (Wildman–Crippen LogP) is 2.60. The summed E-state index contributed by atoms with van der Waals surface area (Å²) in [6.45, 7) is 0.0678. The number of methoxy groups -OCH3 is 1. The zero-order valence-electron chi connectivity index (χ0n) is 16.4. The van der Waals surface area contributed by atoms with Crippen LogP contribution >= 0.6 is 0 Å². The maximum absolute atomic E-state index is 13.7. The van der Waals surface area contributed by atoms with E-state index in [4.69, 9.17) is 10.5 Å². The first-order chi connectivity index (χ1) is 14.8. The molecule has 1 aromatic carbocycles. The third-order valence-corrected chi connectivity index (χ3v) is 4.63. The number of anilines is 1. The van der Waals surface area contributed by atoms with Crippen LogP contribution in [0.25, 0.3) is 0 Å². The number of hydrogen-bond donors (Lipinski definition) is 3. The largest absolute Gasteiger partial charge is 0.384 e. The molecule has 0 aliphatic rings. The highest BCUT2D eigenvalue weighted by molar-refractivity contribution is 5.94. The van der Waals surface area contributed by atoms with E-state index in [9.17, 15) is 22.8 Å². The summed E-state index contributed by atoms with van der Waals surface area (Å²) in [6, 6.07) is 5.85. The van der Waals surface area contributed by atoms with Crippen molar-refractivity contribution in [1.82, 2.24) is 9.97 Å². The highest BCUT2D eigenvalue weighted by Crippen LogP contribution is 2.25. The number of amides is 1. The van der Waals surface area contributed by atoms with E-state index in [1.165, 1.54) is 25.4 Å². The Hall–Kier alpha value is -3.50. The molecule has 0 aliphatic heterocycles. The van der Waals surface area contributed by atoms with E-state index in [-0.39, 0.29) is 23.6 Å². The Balaban J connectivity index is 1.85. The lowest BCUT2D eigenvalue weighted by Gasteiger charge is -2.18. The molecule has 3 aromatic rings. The van der Waals surface area contributed by atoms with E-state index in [1.807, 2.05) is 0 Å². The first kappa shape index (κ1) is 22.2. The summed E-state index contributed by atoms with van der Waals surface area (Å²) < 4.78 is 45.4. The summed E-state index contributed by atoms with van der Waals surface area (Å²) in [7, 11) is 1.44. The lowest BCUT2D eigenvalue weighted by Crippen LogP contribution is -2.28. The smallest absolute Gasteiger partial charge is 0.252 e. The number of carbonyl (C=O) groups is 1. The normalized spacial score (nSPS) is 12.9. The Morgan fingerprint density at radius 1 is 1.16 bits per heavy atom. The molecule has 0 fully saturated rings. The van der Waals surface area contributed by atoms with Crippen molar-refractivity contribution in [2.75, 3.05) is 19.0 Å². The summed E-state index contributed by atoms with van der Waals surface area (Å²) >= 11 is 0. The first-order valence-electron chi connectivity index (χ1n) is 9.14. The van der Waals surface area contributed by atoms with Crippen molar-refractivity contribution in [3.63, 3.8) is 0 Å². The topological polar surface area (TPSA) is 110 Å². The number of nitrogens with one attached hydrogen (secondary N) is 2. The Kier molecular flexibility index (Phi) is 6.83. The monoisotopic (exact) mass is 432 g/mol. The molecule has 2 atom stereocenters. The van der Waals surface area contributed by atoms with Crippen LogP contribution in [0.15, 0.2) is 53.6 Å². The molecule has 0 aliphatic carbocycles. The number of H-pyrrole nitrogens is 1. The fraction of sp³-hybridized carbons (Fsp3) is 0.190. The third kappa shape index (κ3) is 5.16. The minimum atomic E-state index is -1.28. The molecule has 0 saturated heterocycles.